The average Bonchev–Trinajstić information content (AvgIpc) is 2.80. The molecule has 0 spiro atoms. The van der Waals surface area contributed by atoms with Crippen LogP contribution in [-0.2, 0) is 15.0 Å². The van der Waals surface area contributed by atoms with Gasteiger partial charge in [-0.2, -0.15) is 12.7 Å². The Balaban J connectivity index is 2.67. The second-order valence-electron chi connectivity index (χ2n) is 6.76. The molecule has 0 amide bonds. The fourth-order valence-electron chi connectivity index (χ4n) is 3.12. The highest BCUT2D eigenvalue weighted by molar-refractivity contribution is 7.87. The van der Waals surface area contributed by atoms with E-state index in [1.54, 1.807) is 32.0 Å². The van der Waals surface area contributed by atoms with E-state index < -0.39 is 22.1 Å². The topological polar surface area (TPSA) is 92.5 Å². The van der Waals surface area contributed by atoms with Gasteiger partial charge in [0.1, 0.15) is 5.82 Å². The highest BCUT2D eigenvalue weighted by atomic mass is 32.2. The normalized spacial score (nSPS) is 14.0. The predicted molar refractivity (Wildman–Crippen MR) is 96.9 cm³/mol. The number of aromatic nitrogens is 2. The summed E-state index contributed by atoms with van der Waals surface area (Å²) < 4.78 is 29.1. The molecular formula is C17H25N3O4S. The summed E-state index contributed by atoms with van der Waals surface area (Å²) in [5.41, 5.74) is 1.51. The molecule has 2 rings (SSSR count). The number of rotatable bonds is 6. The number of hydrogen-bond acceptors (Lipinski definition) is 4. The molecule has 0 bridgehead atoms. The molecule has 0 saturated heterocycles. The van der Waals surface area contributed by atoms with Crippen LogP contribution in [0.1, 0.15) is 51.9 Å². The van der Waals surface area contributed by atoms with Gasteiger partial charge in [0.2, 0.25) is 0 Å². The van der Waals surface area contributed by atoms with Gasteiger partial charge < -0.3 is 5.11 Å². The van der Waals surface area contributed by atoms with Crippen LogP contribution >= 0.6 is 0 Å². The van der Waals surface area contributed by atoms with Gasteiger partial charge in [0.25, 0.3) is 0 Å². The molecular weight excluding hydrogens is 342 g/mol. The number of fused-ring (bicyclic) bond motifs is 1. The number of carbonyl (C=O) groups is 1. The molecule has 1 N–H and O–H groups in total. The molecule has 1 aromatic heterocycles. The first kappa shape index (κ1) is 19.4. The number of aliphatic carboxylic acids is 1. The SMILES string of the molecule is Cc1nc2cc(C(C)C(=O)O)ccc2n1S(=O)(=O)N(C(C)C)C(C)C. The van der Waals surface area contributed by atoms with Crippen LogP contribution in [0.4, 0.5) is 0 Å². The monoisotopic (exact) mass is 367 g/mol. The van der Waals surface area contributed by atoms with E-state index in [1.165, 1.54) is 8.28 Å². The van der Waals surface area contributed by atoms with Gasteiger partial charge >= 0.3 is 16.2 Å². The highest BCUT2D eigenvalue weighted by Crippen LogP contribution is 2.26. The Labute approximate surface area is 148 Å². The molecule has 0 aliphatic carbocycles. The van der Waals surface area contributed by atoms with E-state index in [0.29, 0.717) is 22.4 Å². The summed E-state index contributed by atoms with van der Waals surface area (Å²) in [5, 5.41) is 9.16. The zero-order valence-corrected chi connectivity index (χ0v) is 16.2. The maximum Gasteiger partial charge on any atom is 0.310 e. The molecule has 0 radical (unpaired) electrons. The Morgan fingerprint density at radius 3 is 2.20 bits per heavy atom. The minimum Gasteiger partial charge on any atom is -0.481 e. The summed E-state index contributed by atoms with van der Waals surface area (Å²) in [4.78, 5) is 15.5. The summed E-state index contributed by atoms with van der Waals surface area (Å²) in [6.45, 7) is 10.6. The Morgan fingerprint density at radius 1 is 1.16 bits per heavy atom. The van der Waals surface area contributed by atoms with Gasteiger partial charge in [-0.15, -0.1) is 0 Å². The second-order valence-corrected chi connectivity index (χ2v) is 8.44. The molecule has 0 fully saturated rings. The zero-order valence-electron chi connectivity index (χ0n) is 15.4. The van der Waals surface area contributed by atoms with Crippen LogP contribution < -0.4 is 0 Å². The fourth-order valence-corrected chi connectivity index (χ4v) is 5.15. The lowest BCUT2D eigenvalue weighted by Gasteiger charge is -2.30. The van der Waals surface area contributed by atoms with Crippen molar-refractivity contribution in [3.05, 3.63) is 29.6 Å². The first-order valence-corrected chi connectivity index (χ1v) is 9.64. The molecule has 8 heteroatoms. The van der Waals surface area contributed by atoms with Crippen molar-refractivity contribution in [3.63, 3.8) is 0 Å². The van der Waals surface area contributed by atoms with E-state index in [9.17, 15) is 13.2 Å². The molecule has 7 nitrogen and oxygen atoms in total. The molecule has 0 aliphatic rings. The van der Waals surface area contributed by atoms with Crippen LogP contribution in [-0.4, -0.2) is 44.8 Å². The lowest BCUT2D eigenvalue weighted by atomic mass is 10.0. The van der Waals surface area contributed by atoms with Crippen LogP contribution in [0.5, 0.6) is 0 Å². The van der Waals surface area contributed by atoms with E-state index in [4.69, 9.17) is 5.11 Å². The average molecular weight is 367 g/mol. The molecule has 138 valence electrons. The Kier molecular flexibility index (Phi) is 5.24. The van der Waals surface area contributed by atoms with E-state index in [-0.39, 0.29) is 12.1 Å². The maximum atomic E-state index is 13.2. The summed E-state index contributed by atoms with van der Waals surface area (Å²) in [7, 11) is -3.79. The number of aryl methyl sites for hydroxylation is 1. The van der Waals surface area contributed by atoms with Crippen LogP contribution in [0.15, 0.2) is 18.2 Å². The number of nitrogens with zero attached hydrogens (tertiary/aromatic N) is 3. The van der Waals surface area contributed by atoms with Crippen molar-refractivity contribution >= 4 is 27.2 Å². The molecule has 25 heavy (non-hydrogen) atoms. The maximum absolute atomic E-state index is 13.2. The number of imidazole rings is 1. The fraction of sp³-hybridized carbons (Fsp3) is 0.529. The highest BCUT2D eigenvalue weighted by Gasteiger charge is 2.32. The first-order valence-electron chi connectivity index (χ1n) is 8.24. The largest absolute Gasteiger partial charge is 0.481 e. The second kappa shape index (κ2) is 6.76. The number of hydrogen-bond donors (Lipinski definition) is 1. The third kappa shape index (κ3) is 3.41. The third-order valence-corrected chi connectivity index (χ3v) is 6.48. The molecule has 2 aromatic rings. The summed E-state index contributed by atoms with van der Waals surface area (Å²) >= 11 is 0. The van der Waals surface area contributed by atoms with Crippen molar-refractivity contribution in [2.24, 2.45) is 0 Å². The smallest absolute Gasteiger partial charge is 0.310 e. The minimum atomic E-state index is -3.79. The van der Waals surface area contributed by atoms with Crippen LogP contribution in [0, 0.1) is 6.92 Å². The van der Waals surface area contributed by atoms with Crippen LogP contribution in [0.25, 0.3) is 11.0 Å². The standard InChI is InChI=1S/C17H25N3O4S/c1-10(2)19(11(3)4)25(23,24)20-13(6)18-15-9-14(7-8-16(15)20)12(5)17(21)22/h7-12H,1-6H3,(H,21,22). The predicted octanol–water partition coefficient (Wildman–Crippen LogP) is 2.74. The molecule has 1 atom stereocenters. The summed E-state index contributed by atoms with van der Waals surface area (Å²) in [5.74, 6) is -1.27. The van der Waals surface area contributed by atoms with Gasteiger partial charge in [0.15, 0.2) is 0 Å². The minimum absolute atomic E-state index is 0.201. The molecule has 1 unspecified atom stereocenters. The lowest BCUT2D eigenvalue weighted by Crippen LogP contribution is -2.45. The first-order chi connectivity index (χ1) is 11.5. The van der Waals surface area contributed by atoms with Crippen molar-refractivity contribution in [1.29, 1.82) is 0 Å². The molecule has 1 aromatic carbocycles. The van der Waals surface area contributed by atoms with Gasteiger partial charge in [-0.05, 0) is 59.2 Å². The van der Waals surface area contributed by atoms with Gasteiger partial charge in [0, 0.05) is 12.1 Å². The van der Waals surface area contributed by atoms with Crippen molar-refractivity contribution in [2.75, 3.05) is 0 Å². The third-order valence-electron chi connectivity index (χ3n) is 4.18. The van der Waals surface area contributed by atoms with E-state index in [1.807, 2.05) is 27.7 Å². The zero-order chi connectivity index (χ0) is 19.1. The van der Waals surface area contributed by atoms with E-state index in [2.05, 4.69) is 4.98 Å². The summed E-state index contributed by atoms with van der Waals surface area (Å²) in [6.07, 6.45) is 0. The van der Waals surface area contributed by atoms with Crippen molar-refractivity contribution in [3.8, 4) is 0 Å². The number of benzene rings is 1. The van der Waals surface area contributed by atoms with E-state index >= 15 is 0 Å². The quantitative estimate of drug-likeness (QED) is 0.847. The van der Waals surface area contributed by atoms with Crippen molar-refractivity contribution < 1.29 is 18.3 Å². The number of carboxylic acid groups (broad SMARTS) is 1. The Hall–Kier alpha value is -1.93. The lowest BCUT2D eigenvalue weighted by molar-refractivity contribution is -0.138. The Morgan fingerprint density at radius 2 is 1.72 bits per heavy atom. The van der Waals surface area contributed by atoms with Gasteiger partial charge in [0.05, 0.1) is 17.0 Å². The van der Waals surface area contributed by atoms with Gasteiger partial charge in [-0.1, -0.05) is 6.07 Å². The Bertz CT molecular complexity index is 892. The van der Waals surface area contributed by atoms with Gasteiger partial charge in [-0.3, -0.25) is 4.79 Å². The summed E-state index contributed by atoms with van der Waals surface area (Å²) in [6, 6.07) is 4.51. The van der Waals surface area contributed by atoms with Gasteiger partial charge in [-0.25, -0.2) is 8.96 Å². The molecule has 0 saturated carbocycles. The molecule has 1 heterocycles. The van der Waals surface area contributed by atoms with Crippen molar-refractivity contribution in [2.45, 2.75) is 59.5 Å². The van der Waals surface area contributed by atoms with E-state index in [0.717, 1.165) is 0 Å². The van der Waals surface area contributed by atoms with Crippen LogP contribution in [0.2, 0.25) is 0 Å². The van der Waals surface area contributed by atoms with Crippen molar-refractivity contribution in [1.82, 2.24) is 13.3 Å². The van der Waals surface area contributed by atoms with Crippen LogP contribution in [0.3, 0.4) is 0 Å². The molecule has 0 aliphatic heterocycles. The number of carboxylic acids is 1.